The minimum Gasteiger partial charge on any atom is -0.497 e. The van der Waals surface area contributed by atoms with Crippen LogP contribution in [0, 0.1) is 0 Å². The number of thiazole rings is 1. The number of nitrogens with zero attached hydrogens (tertiary/aromatic N) is 2. The third-order valence-corrected chi connectivity index (χ3v) is 4.96. The number of carbonyl (C=O) groups excluding carboxylic acids is 1. The Labute approximate surface area is 140 Å². The Morgan fingerprint density at radius 2 is 2.13 bits per heavy atom. The first-order valence-electron chi connectivity index (χ1n) is 7.79. The van der Waals surface area contributed by atoms with E-state index in [1.165, 1.54) is 22.5 Å². The van der Waals surface area contributed by atoms with Crippen molar-refractivity contribution in [3.63, 3.8) is 0 Å². The smallest absolute Gasteiger partial charge is 0.222 e. The molecule has 1 aliphatic heterocycles. The summed E-state index contributed by atoms with van der Waals surface area (Å²) in [7, 11) is 1.68. The third kappa shape index (κ3) is 3.82. The molecule has 0 saturated heterocycles. The Hall–Kier alpha value is -2.08. The largest absolute Gasteiger partial charge is 0.497 e. The first-order valence-corrected chi connectivity index (χ1v) is 8.67. The van der Waals surface area contributed by atoms with Crippen LogP contribution in [-0.4, -0.2) is 36.0 Å². The molecule has 0 radical (unpaired) electrons. The van der Waals surface area contributed by atoms with Gasteiger partial charge < -0.3 is 15.4 Å². The average molecular weight is 331 g/mol. The highest BCUT2D eigenvalue weighted by atomic mass is 32.1. The normalized spacial score (nSPS) is 14.2. The molecule has 1 amide bonds. The van der Waals surface area contributed by atoms with Crippen LogP contribution in [0.25, 0.3) is 0 Å². The van der Waals surface area contributed by atoms with Crippen LogP contribution in [0.1, 0.15) is 23.2 Å². The van der Waals surface area contributed by atoms with Gasteiger partial charge in [-0.3, -0.25) is 4.79 Å². The SMILES string of the molecule is COc1ccc2c(c1)CCN(C(=O)CCc1csc(N)n1)CC2. The third-order valence-electron chi connectivity index (χ3n) is 4.23. The van der Waals surface area contributed by atoms with Gasteiger partial charge in [0.25, 0.3) is 0 Å². The van der Waals surface area contributed by atoms with Crippen molar-refractivity contribution in [3.05, 3.63) is 40.4 Å². The number of hydrogen-bond donors (Lipinski definition) is 1. The van der Waals surface area contributed by atoms with Gasteiger partial charge in [-0.15, -0.1) is 11.3 Å². The summed E-state index contributed by atoms with van der Waals surface area (Å²) in [6.45, 7) is 1.54. The second-order valence-electron chi connectivity index (χ2n) is 5.69. The molecule has 0 atom stereocenters. The van der Waals surface area contributed by atoms with E-state index in [9.17, 15) is 4.79 Å². The number of aromatic nitrogens is 1. The monoisotopic (exact) mass is 331 g/mol. The fraction of sp³-hybridized carbons (Fsp3) is 0.412. The molecule has 122 valence electrons. The van der Waals surface area contributed by atoms with Crippen molar-refractivity contribution in [3.8, 4) is 5.75 Å². The molecular weight excluding hydrogens is 310 g/mol. The van der Waals surface area contributed by atoms with Gasteiger partial charge in [0.15, 0.2) is 5.13 Å². The van der Waals surface area contributed by atoms with E-state index in [4.69, 9.17) is 10.5 Å². The number of amides is 1. The van der Waals surface area contributed by atoms with Gasteiger partial charge in [0.05, 0.1) is 12.8 Å². The minimum atomic E-state index is 0.191. The van der Waals surface area contributed by atoms with Gasteiger partial charge >= 0.3 is 0 Å². The second-order valence-corrected chi connectivity index (χ2v) is 6.58. The predicted octanol–water partition coefficient (Wildman–Crippen LogP) is 2.29. The quantitative estimate of drug-likeness (QED) is 0.933. The molecule has 1 aliphatic rings. The zero-order valence-electron chi connectivity index (χ0n) is 13.2. The number of carbonyl (C=O) groups is 1. The van der Waals surface area contributed by atoms with Crippen LogP contribution < -0.4 is 10.5 Å². The molecule has 0 fully saturated rings. The molecule has 0 saturated carbocycles. The summed E-state index contributed by atoms with van der Waals surface area (Å²) in [5.74, 6) is 1.07. The summed E-state index contributed by atoms with van der Waals surface area (Å²) in [5, 5.41) is 2.49. The van der Waals surface area contributed by atoms with E-state index < -0.39 is 0 Å². The highest BCUT2D eigenvalue weighted by molar-refractivity contribution is 7.13. The van der Waals surface area contributed by atoms with Crippen LogP contribution in [0.3, 0.4) is 0 Å². The first-order chi connectivity index (χ1) is 11.2. The molecular formula is C17H21N3O2S. The van der Waals surface area contributed by atoms with Crippen molar-refractivity contribution >= 4 is 22.4 Å². The van der Waals surface area contributed by atoms with Crippen LogP contribution in [0.2, 0.25) is 0 Å². The molecule has 1 aromatic carbocycles. The Morgan fingerprint density at radius 1 is 1.35 bits per heavy atom. The van der Waals surface area contributed by atoms with Crippen LogP contribution in [0.15, 0.2) is 23.6 Å². The number of ether oxygens (including phenoxy) is 1. The number of methoxy groups -OCH3 is 1. The second kappa shape index (κ2) is 7.00. The van der Waals surface area contributed by atoms with E-state index in [2.05, 4.69) is 17.1 Å². The average Bonchev–Trinajstić information content (AvgIpc) is 2.86. The lowest BCUT2D eigenvalue weighted by atomic mass is 10.0. The van der Waals surface area contributed by atoms with Gasteiger partial charge in [-0.1, -0.05) is 6.07 Å². The van der Waals surface area contributed by atoms with Gasteiger partial charge in [0.2, 0.25) is 5.91 Å². The number of fused-ring (bicyclic) bond motifs is 1. The molecule has 2 aromatic rings. The lowest BCUT2D eigenvalue weighted by molar-refractivity contribution is -0.131. The number of benzene rings is 1. The van der Waals surface area contributed by atoms with Crippen molar-refractivity contribution in [2.75, 3.05) is 25.9 Å². The van der Waals surface area contributed by atoms with Gasteiger partial charge in [0.1, 0.15) is 5.75 Å². The van der Waals surface area contributed by atoms with Crippen molar-refractivity contribution in [1.29, 1.82) is 0 Å². The van der Waals surface area contributed by atoms with Gasteiger partial charge in [0, 0.05) is 24.9 Å². The van der Waals surface area contributed by atoms with Crippen LogP contribution in [0.4, 0.5) is 5.13 Å². The van der Waals surface area contributed by atoms with Gasteiger partial charge in [-0.2, -0.15) is 0 Å². The van der Waals surface area contributed by atoms with E-state index in [0.29, 0.717) is 18.0 Å². The molecule has 23 heavy (non-hydrogen) atoms. The molecule has 0 spiro atoms. The van der Waals surface area contributed by atoms with Gasteiger partial charge in [-0.05, 0) is 42.5 Å². The lowest BCUT2D eigenvalue weighted by Crippen LogP contribution is -2.33. The van der Waals surface area contributed by atoms with E-state index in [0.717, 1.165) is 37.4 Å². The van der Waals surface area contributed by atoms with E-state index >= 15 is 0 Å². The van der Waals surface area contributed by atoms with Crippen molar-refractivity contribution in [1.82, 2.24) is 9.88 Å². The number of rotatable bonds is 4. The Kier molecular flexibility index (Phi) is 4.81. The van der Waals surface area contributed by atoms with E-state index in [1.807, 2.05) is 16.3 Å². The number of hydrogen-bond acceptors (Lipinski definition) is 5. The van der Waals surface area contributed by atoms with Crippen LogP contribution in [-0.2, 0) is 24.1 Å². The highest BCUT2D eigenvalue weighted by Crippen LogP contribution is 2.22. The molecule has 1 aromatic heterocycles. The zero-order valence-corrected chi connectivity index (χ0v) is 14.1. The van der Waals surface area contributed by atoms with E-state index in [-0.39, 0.29) is 5.91 Å². The van der Waals surface area contributed by atoms with Gasteiger partial charge in [-0.25, -0.2) is 4.98 Å². The van der Waals surface area contributed by atoms with E-state index in [1.54, 1.807) is 7.11 Å². The predicted molar refractivity (Wildman–Crippen MR) is 91.8 cm³/mol. The summed E-state index contributed by atoms with van der Waals surface area (Å²) in [4.78, 5) is 18.6. The van der Waals surface area contributed by atoms with Crippen LogP contribution in [0.5, 0.6) is 5.75 Å². The maximum Gasteiger partial charge on any atom is 0.222 e. The topological polar surface area (TPSA) is 68.5 Å². The standard InChI is InChI=1S/C17H21N3O2S/c1-22-15-4-2-12-6-8-20(9-7-13(12)10-15)16(21)5-3-14-11-23-17(18)19-14/h2,4,10-11H,3,5-9H2,1H3,(H2,18,19). The van der Waals surface area contributed by atoms with Crippen molar-refractivity contribution in [2.24, 2.45) is 0 Å². The molecule has 2 heterocycles. The fourth-order valence-electron chi connectivity index (χ4n) is 2.91. The lowest BCUT2D eigenvalue weighted by Gasteiger charge is -2.20. The molecule has 0 unspecified atom stereocenters. The molecule has 5 nitrogen and oxygen atoms in total. The Morgan fingerprint density at radius 3 is 2.83 bits per heavy atom. The maximum atomic E-state index is 12.5. The molecule has 6 heteroatoms. The Balaban J connectivity index is 1.58. The molecule has 0 bridgehead atoms. The maximum absolute atomic E-state index is 12.5. The fourth-order valence-corrected chi connectivity index (χ4v) is 3.51. The van der Waals surface area contributed by atoms with Crippen molar-refractivity contribution in [2.45, 2.75) is 25.7 Å². The number of nitrogen functional groups attached to an aromatic ring is 1. The summed E-state index contributed by atoms with van der Waals surface area (Å²) in [6.07, 6.45) is 2.92. The molecule has 3 rings (SSSR count). The number of nitrogens with two attached hydrogens (primary N) is 1. The number of anilines is 1. The summed E-state index contributed by atoms with van der Waals surface area (Å²) in [5.41, 5.74) is 9.13. The molecule has 2 N–H and O–H groups in total. The zero-order chi connectivity index (χ0) is 16.2. The summed E-state index contributed by atoms with van der Waals surface area (Å²) in [6, 6.07) is 6.19. The Bertz CT molecular complexity index is 699. The minimum absolute atomic E-state index is 0.191. The first kappa shape index (κ1) is 15.8. The van der Waals surface area contributed by atoms with Crippen molar-refractivity contribution < 1.29 is 9.53 Å². The van der Waals surface area contributed by atoms with Crippen LogP contribution >= 0.6 is 11.3 Å². The summed E-state index contributed by atoms with van der Waals surface area (Å²) < 4.78 is 5.29. The highest BCUT2D eigenvalue weighted by Gasteiger charge is 2.19. The molecule has 0 aliphatic carbocycles. The number of aryl methyl sites for hydroxylation is 1. The summed E-state index contributed by atoms with van der Waals surface area (Å²) >= 11 is 1.42.